The first-order valence-electron chi connectivity index (χ1n) is 7.17. The Bertz CT molecular complexity index is 853. The standard InChI is InChI=1S/C17H15N3O3/c1-12(21)11-23-17(22)14-8-6-13(7-9-14)10-20-16-5-3-2-4-15(16)18-19-20/h2-9H,10-11H2,1H3. The van der Waals surface area contributed by atoms with Crippen LogP contribution in [-0.2, 0) is 16.1 Å². The molecule has 0 aliphatic carbocycles. The van der Waals surface area contributed by atoms with Crippen molar-refractivity contribution in [1.29, 1.82) is 0 Å². The number of carbonyl (C=O) groups excluding carboxylic acids is 2. The number of hydrogen-bond donors (Lipinski definition) is 0. The average Bonchev–Trinajstić information content (AvgIpc) is 2.96. The van der Waals surface area contributed by atoms with Crippen LogP contribution in [0.4, 0.5) is 0 Å². The van der Waals surface area contributed by atoms with Crippen molar-refractivity contribution < 1.29 is 14.3 Å². The lowest BCUT2D eigenvalue weighted by molar-refractivity contribution is -0.120. The van der Waals surface area contributed by atoms with Gasteiger partial charge in [-0.25, -0.2) is 9.48 Å². The third kappa shape index (κ3) is 3.42. The van der Waals surface area contributed by atoms with Crippen LogP contribution in [0.2, 0.25) is 0 Å². The van der Waals surface area contributed by atoms with Crippen LogP contribution >= 0.6 is 0 Å². The van der Waals surface area contributed by atoms with Gasteiger partial charge in [0.25, 0.3) is 0 Å². The fourth-order valence-corrected chi connectivity index (χ4v) is 2.20. The fourth-order valence-electron chi connectivity index (χ4n) is 2.20. The number of fused-ring (bicyclic) bond motifs is 1. The van der Waals surface area contributed by atoms with Crippen molar-refractivity contribution in [2.75, 3.05) is 6.61 Å². The zero-order valence-electron chi connectivity index (χ0n) is 12.6. The van der Waals surface area contributed by atoms with E-state index in [0.29, 0.717) is 12.1 Å². The van der Waals surface area contributed by atoms with Gasteiger partial charge in [-0.05, 0) is 36.8 Å². The van der Waals surface area contributed by atoms with Crippen LogP contribution in [0.1, 0.15) is 22.8 Å². The van der Waals surface area contributed by atoms with Crippen molar-refractivity contribution in [1.82, 2.24) is 15.0 Å². The molecule has 6 nitrogen and oxygen atoms in total. The summed E-state index contributed by atoms with van der Waals surface area (Å²) in [5.74, 6) is -0.689. The fraction of sp³-hybridized carbons (Fsp3) is 0.176. The third-order valence-corrected chi connectivity index (χ3v) is 3.35. The van der Waals surface area contributed by atoms with E-state index in [1.165, 1.54) is 6.92 Å². The molecule has 0 atom stereocenters. The molecule has 116 valence electrons. The Kier molecular flexibility index (Phi) is 4.14. The van der Waals surface area contributed by atoms with Gasteiger partial charge in [-0.2, -0.15) is 0 Å². The monoisotopic (exact) mass is 309 g/mol. The first-order chi connectivity index (χ1) is 11.1. The lowest BCUT2D eigenvalue weighted by atomic mass is 10.1. The van der Waals surface area contributed by atoms with E-state index in [1.54, 1.807) is 16.8 Å². The second kappa shape index (κ2) is 6.39. The van der Waals surface area contributed by atoms with E-state index in [2.05, 4.69) is 10.3 Å². The molecule has 0 bridgehead atoms. The molecule has 1 heterocycles. The van der Waals surface area contributed by atoms with Crippen LogP contribution in [0, 0.1) is 0 Å². The molecule has 23 heavy (non-hydrogen) atoms. The van der Waals surface area contributed by atoms with E-state index in [0.717, 1.165) is 16.6 Å². The number of ketones is 1. The minimum atomic E-state index is -0.502. The molecule has 0 N–H and O–H groups in total. The molecule has 0 spiro atoms. The van der Waals surface area contributed by atoms with Gasteiger partial charge in [0, 0.05) is 0 Å². The Hall–Kier alpha value is -3.02. The highest BCUT2D eigenvalue weighted by Crippen LogP contribution is 2.13. The first kappa shape index (κ1) is 14.9. The molecule has 0 aliphatic rings. The molecule has 0 amide bonds. The zero-order chi connectivity index (χ0) is 16.2. The summed E-state index contributed by atoms with van der Waals surface area (Å²) in [4.78, 5) is 22.6. The van der Waals surface area contributed by atoms with E-state index in [1.807, 2.05) is 36.4 Å². The number of esters is 1. The number of para-hydroxylation sites is 1. The van der Waals surface area contributed by atoms with Crippen molar-refractivity contribution >= 4 is 22.8 Å². The molecule has 0 saturated carbocycles. The quantitative estimate of drug-likeness (QED) is 0.676. The maximum atomic E-state index is 11.8. The summed E-state index contributed by atoms with van der Waals surface area (Å²) in [7, 11) is 0. The van der Waals surface area contributed by atoms with Crippen LogP contribution in [0.15, 0.2) is 48.5 Å². The van der Waals surface area contributed by atoms with Crippen molar-refractivity contribution in [2.24, 2.45) is 0 Å². The molecule has 0 fully saturated rings. The lowest BCUT2D eigenvalue weighted by Gasteiger charge is -2.05. The van der Waals surface area contributed by atoms with Crippen LogP contribution < -0.4 is 0 Å². The number of carbonyl (C=O) groups is 2. The lowest BCUT2D eigenvalue weighted by Crippen LogP contribution is -2.11. The maximum Gasteiger partial charge on any atom is 0.338 e. The van der Waals surface area contributed by atoms with Gasteiger partial charge in [-0.3, -0.25) is 4.79 Å². The molecule has 0 unspecified atom stereocenters. The third-order valence-electron chi connectivity index (χ3n) is 3.35. The summed E-state index contributed by atoms with van der Waals surface area (Å²) < 4.78 is 6.68. The van der Waals surface area contributed by atoms with Crippen molar-refractivity contribution in [3.8, 4) is 0 Å². The number of ether oxygens (including phenoxy) is 1. The van der Waals surface area contributed by atoms with Gasteiger partial charge in [0.2, 0.25) is 0 Å². The first-order valence-corrected chi connectivity index (χ1v) is 7.17. The Labute approximate surface area is 132 Å². The minimum absolute atomic E-state index is 0.187. The smallest absolute Gasteiger partial charge is 0.338 e. The molecule has 2 aromatic carbocycles. The van der Waals surface area contributed by atoms with Crippen LogP contribution in [0.25, 0.3) is 11.0 Å². The number of aromatic nitrogens is 3. The van der Waals surface area contributed by atoms with E-state index in [-0.39, 0.29) is 12.4 Å². The van der Waals surface area contributed by atoms with E-state index in [4.69, 9.17) is 4.74 Å². The number of nitrogens with zero attached hydrogens (tertiary/aromatic N) is 3. The molecule has 3 aromatic rings. The Balaban J connectivity index is 1.72. The van der Waals surface area contributed by atoms with Gasteiger partial charge >= 0.3 is 5.97 Å². The largest absolute Gasteiger partial charge is 0.454 e. The maximum absolute atomic E-state index is 11.8. The van der Waals surface area contributed by atoms with Crippen LogP contribution in [0.5, 0.6) is 0 Å². The molecular weight excluding hydrogens is 294 g/mol. The zero-order valence-corrected chi connectivity index (χ0v) is 12.6. The second-order valence-electron chi connectivity index (χ2n) is 5.21. The Morgan fingerprint density at radius 2 is 1.83 bits per heavy atom. The summed E-state index contributed by atoms with van der Waals surface area (Å²) >= 11 is 0. The molecular formula is C17H15N3O3. The average molecular weight is 309 g/mol. The van der Waals surface area contributed by atoms with E-state index >= 15 is 0 Å². The predicted molar refractivity (Wildman–Crippen MR) is 84.0 cm³/mol. The second-order valence-corrected chi connectivity index (χ2v) is 5.21. The normalized spacial score (nSPS) is 10.7. The van der Waals surface area contributed by atoms with E-state index in [9.17, 15) is 9.59 Å². The van der Waals surface area contributed by atoms with Gasteiger partial charge in [-0.15, -0.1) is 5.10 Å². The Morgan fingerprint density at radius 3 is 2.57 bits per heavy atom. The van der Waals surface area contributed by atoms with E-state index < -0.39 is 5.97 Å². The number of rotatable bonds is 5. The highest BCUT2D eigenvalue weighted by Gasteiger charge is 2.09. The molecule has 0 radical (unpaired) electrons. The van der Waals surface area contributed by atoms with Gasteiger partial charge in [-0.1, -0.05) is 29.5 Å². The highest BCUT2D eigenvalue weighted by molar-refractivity contribution is 5.91. The molecule has 0 saturated heterocycles. The number of hydrogen-bond acceptors (Lipinski definition) is 5. The minimum Gasteiger partial charge on any atom is -0.454 e. The highest BCUT2D eigenvalue weighted by atomic mass is 16.5. The van der Waals surface area contributed by atoms with Crippen molar-refractivity contribution in [2.45, 2.75) is 13.5 Å². The van der Waals surface area contributed by atoms with Crippen molar-refractivity contribution in [3.63, 3.8) is 0 Å². The number of Topliss-reactive ketones (excluding diaryl/α,β-unsaturated/α-hetero) is 1. The molecule has 6 heteroatoms. The van der Waals surface area contributed by atoms with Crippen LogP contribution in [0.3, 0.4) is 0 Å². The van der Waals surface area contributed by atoms with Gasteiger partial charge in [0.15, 0.2) is 5.78 Å². The molecule has 1 aromatic heterocycles. The van der Waals surface area contributed by atoms with Crippen molar-refractivity contribution in [3.05, 3.63) is 59.7 Å². The SMILES string of the molecule is CC(=O)COC(=O)c1ccc(Cn2nnc3ccccc32)cc1. The topological polar surface area (TPSA) is 74.1 Å². The number of benzene rings is 2. The molecule has 0 aliphatic heterocycles. The predicted octanol–water partition coefficient (Wildman–Crippen LogP) is 2.23. The summed E-state index contributed by atoms with van der Waals surface area (Å²) in [5.41, 5.74) is 3.21. The van der Waals surface area contributed by atoms with Gasteiger partial charge in [0.05, 0.1) is 17.6 Å². The van der Waals surface area contributed by atoms with Gasteiger partial charge < -0.3 is 4.74 Å². The molecule has 3 rings (SSSR count). The summed E-state index contributed by atoms with van der Waals surface area (Å²) in [6, 6.07) is 14.8. The summed E-state index contributed by atoms with van der Waals surface area (Å²) in [6.45, 7) is 1.73. The summed E-state index contributed by atoms with van der Waals surface area (Å²) in [5, 5.41) is 8.24. The Morgan fingerprint density at radius 1 is 1.09 bits per heavy atom. The summed E-state index contributed by atoms with van der Waals surface area (Å²) in [6.07, 6.45) is 0. The van der Waals surface area contributed by atoms with Crippen LogP contribution in [-0.4, -0.2) is 33.4 Å². The van der Waals surface area contributed by atoms with Gasteiger partial charge in [0.1, 0.15) is 12.1 Å².